The molecule has 1 aromatic carbocycles. The van der Waals surface area contributed by atoms with Crippen LogP contribution < -0.4 is 0 Å². The molecule has 0 radical (unpaired) electrons. The van der Waals surface area contributed by atoms with Gasteiger partial charge in [-0.25, -0.2) is 4.98 Å². The number of aryl methyl sites for hydroxylation is 3. The highest BCUT2D eigenvalue weighted by atomic mass is 16.5. The van der Waals surface area contributed by atoms with Crippen molar-refractivity contribution in [3.63, 3.8) is 0 Å². The summed E-state index contributed by atoms with van der Waals surface area (Å²) in [5.41, 5.74) is 3.43. The van der Waals surface area contributed by atoms with Gasteiger partial charge in [-0.2, -0.15) is 0 Å². The molecule has 0 fully saturated rings. The van der Waals surface area contributed by atoms with E-state index in [0.29, 0.717) is 6.42 Å². The fourth-order valence-corrected chi connectivity index (χ4v) is 2.39. The number of benzene rings is 1. The molecule has 0 saturated heterocycles. The van der Waals surface area contributed by atoms with E-state index in [2.05, 4.69) is 39.4 Å². The number of rotatable bonds is 5. The molecule has 4 nitrogen and oxygen atoms in total. The van der Waals surface area contributed by atoms with Crippen LogP contribution >= 0.6 is 0 Å². The van der Waals surface area contributed by atoms with E-state index in [1.165, 1.54) is 18.2 Å². The van der Waals surface area contributed by atoms with Crippen molar-refractivity contribution in [1.29, 1.82) is 0 Å². The smallest absolute Gasteiger partial charge is 0.305 e. The fourth-order valence-electron chi connectivity index (χ4n) is 2.39. The van der Waals surface area contributed by atoms with Crippen molar-refractivity contribution in [2.24, 2.45) is 0 Å². The predicted molar refractivity (Wildman–Crippen MR) is 75.1 cm³/mol. The summed E-state index contributed by atoms with van der Waals surface area (Å²) >= 11 is 0. The minimum Gasteiger partial charge on any atom is -0.469 e. The average Bonchev–Trinajstić information content (AvgIpc) is 2.72. The maximum absolute atomic E-state index is 11.1. The van der Waals surface area contributed by atoms with Gasteiger partial charge in [-0.05, 0) is 44.4 Å². The molecule has 0 N–H and O–H groups in total. The normalized spacial score (nSPS) is 10.9. The molecule has 0 atom stereocenters. The van der Waals surface area contributed by atoms with Crippen LogP contribution in [0.2, 0.25) is 0 Å². The van der Waals surface area contributed by atoms with Gasteiger partial charge < -0.3 is 9.30 Å². The Bertz CT molecular complexity index is 587. The summed E-state index contributed by atoms with van der Waals surface area (Å²) in [5, 5.41) is 0. The number of imidazole rings is 1. The molecule has 0 saturated carbocycles. The second-order valence-electron chi connectivity index (χ2n) is 4.66. The predicted octanol–water partition coefficient (Wildman–Crippen LogP) is 2.86. The molecule has 2 aromatic rings. The van der Waals surface area contributed by atoms with Gasteiger partial charge in [0.15, 0.2) is 0 Å². The average molecular weight is 260 g/mol. The van der Waals surface area contributed by atoms with Crippen LogP contribution in [0.3, 0.4) is 0 Å². The van der Waals surface area contributed by atoms with E-state index in [4.69, 9.17) is 0 Å². The fraction of sp³-hybridized carbons (Fsp3) is 0.467. The molecule has 0 amide bonds. The number of carbonyl (C=O) groups is 1. The Kier molecular flexibility index (Phi) is 4.20. The molecule has 0 bridgehead atoms. The highest BCUT2D eigenvalue weighted by Gasteiger charge is 2.07. The van der Waals surface area contributed by atoms with Crippen LogP contribution in [0.5, 0.6) is 0 Å². The first-order chi connectivity index (χ1) is 9.15. The van der Waals surface area contributed by atoms with Gasteiger partial charge in [0.25, 0.3) is 0 Å². The maximum atomic E-state index is 11.1. The van der Waals surface area contributed by atoms with Crippen molar-refractivity contribution in [2.75, 3.05) is 7.11 Å². The minimum atomic E-state index is -0.146. The van der Waals surface area contributed by atoms with E-state index in [1.54, 1.807) is 0 Å². The zero-order chi connectivity index (χ0) is 13.8. The van der Waals surface area contributed by atoms with Crippen molar-refractivity contribution in [3.05, 3.63) is 29.6 Å². The molecule has 0 aliphatic heterocycles. The molecule has 1 aromatic heterocycles. The first-order valence-corrected chi connectivity index (χ1v) is 6.68. The van der Waals surface area contributed by atoms with Crippen LogP contribution in [0.1, 0.15) is 31.2 Å². The van der Waals surface area contributed by atoms with Crippen LogP contribution in [0.4, 0.5) is 0 Å². The lowest BCUT2D eigenvalue weighted by Gasteiger charge is -2.03. The van der Waals surface area contributed by atoms with Crippen molar-refractivity contribution >= 4 is 17.0 Å². The Morgan fingerprint density at radius 2 is 2.21 bits per heavy atom. The number of methoxy groups -OCH3 is 1. The SMILES string of the molecule is CCn1c(C)nc2cc(CCCC(=O)OC)ccc21. The number of hydrogen-bond donors (Lipinski definition) is 0. The van der Waals surface area contributed by atoms with E-state index in [0.717, 1.165) is 30.7 Å². The van der Waals surface area contributed by atoms with Gasteiger partial charge >= 0.3 is 5.97 Å². The van der Waals surface area contributed by atoms with Crippen molar-refractivity contribution in [3.8, 4) is 0 Å². The quantitative estimate of drug-likeness (QED) is 0.776. The highest BCUT2D eigenvalue weighted by molar-refractivity contribution is 5.77. The van der Waals surface area contributed by atoms with Crippen LogP contribution in [0.15, 0.2) is 18.2 Å². The second kappa shape index (κ2) is 5.87. The molecule has 4 heteroatoms. The summed E-state index contributed by atoms with van der Waals surface area (Å²) < 4.78 is 6.84. The number of fused-ring (bicyclic) bond motifs is 1. The number of ether oxygens (including phenoxy) is 1. The Labute approximate surface area is 113 Å². The third kappa shape index (κ3) is 2.95. The van der Waals surface area contributed by atoms with E-state index in [-0.39, 0.29) is 5.97 Å². The van der Waals surface area contributed by atoms with Crippen LogP contribution in [-0.4, -0.2) is 22.6 Å². The summed E-state index contributed by atoms with van der Waals surface area (Å²) in [7, 11) is 1.43. The zero-order valence-electron chi connectivity index (χ0n) is 11.8. The molecular formula is C15H20N2O2. The second-order valence-corrected chi connectivity index (χ2v) is 4.66. The van der Waals surface area contributed by atoms with Crippen LogP contribution in [0, 0.1) is 6.92 Å². The highest BCUT2D eigenvalue weighted by Crippen LogP contribution is 2.18. The van der Waals surface area contributed by atoms with Crippen LogP contribution in [0.25, 0.3) is 11.0 Å². The van der Waals surface area contributed by atoms with E-state index in [1.807, 2.05) is 6.92 Å². The zero-order valence-corrected chi connectivity index (χ0v) is 11.8. The Hall–Kier alpha value is -1.84. The summed E-state index contributed by atoms with van der Waals surface area (Å²) in [6.07, 6.45) is 2.16. The van der Waals surface area contributed by atoms with Gasteiger partial charge in [0.05, 0.1) is 18.1 Å². The van der Waals surface area contributed by atoms with Crippen LogP contribution in [-0.2, 0) is 22.5 Å². The first kappa shape index (κ1) is 13.6. The molecule has 0 aliphatic rings. The lowest BCUT2D eigenvalue weighted by Crippen LogP contribution is -2.00. The third-order valence-corrected chi connectivity index (χ3v) is 3.39. The topological polar surface area (TPSA) is 44.1 Å². The van der Waals surface area contributed by atoms with Gasteiger partial charge in [-0.3, -0.25) is 4.79 Å². The summed E-state index contributed by atoms with van der Waals surface area (Å²) in [6.45, 7) is 5.09. The standard InChI is InChI=1S/C15H20N2O2/c1-4-17-11(2)16-13-10-12(8-9-14(13)17)6-5-7-15(18)19-3/h8-10H,4-7H2,1-3H3. The minimum absolute atomic E-state index is 0.146. The molecule has 19 heavy (non-hydrogen) atoms. The Morgan fingerprint density at radius 1 is 1.42 bits per heavy atom. The van der Waals surface area contributed by atoms with E-state index in [9.17, 15) is 4.79 Å². The molecule has 0 aliphatic carbocycles. The van der Waals surface area contributed by atoms with E-state index < -0.39 is 0 Å². The summed E-state index contributed by atoms with van der Waals surface area (Å²) in [4.78, 5) is 15.6. The molecule has 0 unspecified atom stereocenters. The monoisotopic (exact) mass is 260 g/mol. The lowest BCUT2D eigenvalue weighted by atomic mass is 10.1. The van der Waals surface area contributed by atoms with Gasteiger partial charge in [-0.15, -0.1) is 0 Å². The first-order valence-electron chi connectivity index (χ1n) is 6.68. The van der Waals surface area contributed by atoms with Gasteiger partial charge in [0.2, 0.25) is 0 Å². The molecule has 102 valence electrons. The molecule has 1 heterocycles. The summed E-state index contributed by atoms with van der Waals surface area (Å²) in [6, 6.07) is 6.35. The van der Waals surface area contributed by atoms with Gasteiger partial charge in [-0.1, -0.05) is 6.07 Å². The number of carbonyl (C=O) groups excluding carboxylic acids is 1. The van der Waals surface area contributed by atoms with Crippen molar-refractivity contribution < 1.29 is 9.53 Å². The van der Waals surface area contributed by atoms with Crippen molar-refractivity contribution in [2.45, 2.75) is 39.7 Å². The number of aromatic nitrogens is 2. The Balaban J connectivity index is 2.11. The van der Waals surface area contributed by atoms with Gasteiger partial charge in [0, 0.05) is 13.0 Å². The number of hydrogen-bond acceptors (Lipinski definition) is 3. The van der Waals surface area contributed by atoms with E-state index >= 15 is 0 Å². The molecular weight excluding hydrogens is 240 g/mol. The van der Waals surface area contributed by atoms with Crippen molar-refractivity contribution in [1.82, 2.24) is 9.55 Å². The maximum Gasteiger partial charge on any atom is 0.305 e. The largest absolute Gasteiger partial charge is 0.469 e. The summed E-state index contributed by atoms with van der Waals surface area (Å²) in [5.74, 6) is 0.899. The number of esters is 1. The third-order valence-electron chi connectivity index (χ3n) is 3.39. The lowest BCUT2D eigenvalue weighted by molar-refractivity contribution is -0.140. The van der Waals surface area contributed by atoms with Gasteiger partial charge in [0.1, 0.15) is 5.82 Å². The Morgan fingerprint density at radius 3 is 2.89 bits per heavy atom. The molecule has 0 spiro atoms. The molecule has 2 rings (SSSR count). The number of nitrogens with zero attached hydrogens (tertiary/aromatic N) is 2.